The Bertz CT molecular complexity index is 649. The van der Waals surface area contributed by atoms with E-state index in [4.69, 9.17) is 0 Å². The van der Waals surface area contributed by atoms with Crippen LogP contribution in [0.3, 0.4) is 0 Å². The molecule has 0 amide bonds. The lowest BCUT2D eigenvalue weighted by Crippen LogP contribution is -2.45. The maximum absolute atomic E-state index is 14.0. The summed E-state index contributed by atoms with van der Waals surface area (Å²) in [5.41, 5.74) is 0.317. The average Bonchev–Trinajstić information content (AvgIpc) is 3.01. The number of piperazine rings is 1. The van der Waals surface area contributed by atoms with E-state index in [1.165, 1.54) is 17.4 Å². The average molecular weight is 344 g/mol. The molecule has 1 aliphatic rings. The van der Waals surface area contributed by atoms with Gasteiger partial charge in [-0.1, -0.05) is 6.07 Å². The molecule has 0 saturated carbocycles. The van der Waals surface area contributed by atoms with E-state index in [1.54, 1.807) is 0 Å². The summed E-state index contributed by atoms with van der Waals surface area (Å²) in [5.74, 6) is -1.22. The summed E-state index contributed by atoms with van der Waals surface area (Å²) < 4.78 is 52.2. The van der Waals surface area contributed by atoms with Gasteiger partial charge in [-0.2, -0.15) is 24.5 Å². The van der Waals surface area contributed by atoms with E-state index in [0.29, 0.717) is 5.56 Å². The maximum atomic E-state index is 14.0. The minimum absolute atomic E-state index is 0.222. The highest BCUT2D eigenvalue weighted by Gasteiger charge is 2.35. The van der Waals surface area contributed by atoms with Crippen LogP contribution in [0, 0.1) is 5.82 Å². The van der Waals surface area contributed by atoms with Crippen LogP contribution in [0.25, 0.3) is 0 Å². The third-order valence-electron chi connectivity index (χ3n) is 3.99. The van der Waals surface area contributed by atoms with Crippen molar-refractivity contribution in [3.63, 3.8) is 0 Å². The SMILES string of the molecule is Fc1cc([C@H](c2ccsc2)N2CCNCC2)ccc1C(F)(F)F. The second-order valence-electron chi connectivity index (χ2n) is 5.48. The summed E-state index contributed by atoms with van der Waals surface area (Å²) in [6.45, 7) is 3.15. The summed E-state index contributed by atoms with van der Waals surface area (Å²) in [4.78, 5) is 2.17. The van der Waals surface area contributed by atoms with Gasteiger partial charge in [0.15, 0.2) is 0 Å². The van der Waals surface area contributed by atoms with Gasteiger partial charge in [0.2, 0.25) is 0 Å². The second-order valence-corrected chi connectivity index (χ2v) is 6.26. The van der Waals surface area contributed by atoms with Crippen LogP contribution in [0.4, 0.5) is 17.6 Å². The monoisotopic (exact) mass is 344 g/mol. The molecule has 2 aromatic rings. The Hall–Kier alpha value is -1.44. The van der Waals surface area contributed by atoms with E-state index < -0.39 is 17.6 Å². The second kappa shape index (κ2) is 6.59. The normalized spacial score (nSPS) is 18.1. The van der Waals surface area contributed by atoms with Crippen molar-refractivity contribution >= 4 is 11.3 Å². The van der Waals surface area contributed by atoms with Crippen molar-refractivity contribution in [3.8, 4) is 0 Å². The zero-order valence-corrected chi connectivity index (χ0v) is 13.1. The predicted octanol–water partition coefficient (Wildman–Crippen LogP) is 3.90. The van der Waals surface area contributed by atoms with Gasteiger partial charge in [0.25, 0.3) is 0 Å². The van der Waals surface area contributed by atoms with Gasteiger partial charge in [-0.15, -0.1) is 0 Å². The molecule has 1 atom stereocenters. The first kappa shape index (κ1) is 16.4. The van der Waals surface area contributed by atoms with Gasteiger partial charge < -0.3 is 5.32 Å². The first-order valence-corrected chi connectivity index (χ1v) is 8.24. The van der Waals surface area contributed by atoms with Crippen molar-refractivity contribution in [2.24, 2.45) is 0 Å². The fraction of sp³-hybridized carbons (Fsp3) is 0.375. The Kier molecular flexibility index (Phi) is 4.70. The van der Waals surface area contributed by atoms with Crippen LogP contribution >= 0.6 is 11.3 Å². The number of rotatable bonds is 3. The van der Waals surface area contributed by atoms with Crippen molar-refractivity contribution in [1.82, 2.24) is 10.2 Å². The molecule has 7 heteroatoms. The van der Waals surface area contributed by atoms with Crippen molar-refractivity contribution in [3.05, 3.63) is 57.5 Å². The quantitative estimate of drug-likeness (QED) is 0.850. The lowest BCUT2D eigenvalue weighted by molar-refractivity contribution is -0.140. The van der Waals surface area contributed by atoms with Crippen molar-refractivity contribution < 1.29 is 17.6 Å². The van der Waals surface area contributed by atoms with E-state index in [-0.39, 0.29) is 6.04 Å². The molecule has 2 heterocycles. The number of thiophene rings is 1. The van der Waals surface area contributed by atoms with Gasteiger partial charge in [-0.3, -0.25) is 4.90 Å². The summed E-state index contributed by atoms with van der Waals surface area (Å²) in [6, 6.07) is 4.96. The van der Waals surface area contributed by atoms with Crippen molar-refractivity contribution in [2.75, 3.05) is 26.2 Å². The van der Waals surface area contributed by atoms with Crippen LogP contribution in [0.5, 0.6) is 0 Å². The van der Waals surface area contributed by atoms with E-state index >= 15 is 0 Å². The Labute approximate surface area is 135 Å². The Balaban J connectivity index is 1.98. The molecule has 1 aliphatic heterocycles. The van der Waals surface area contributed by atoms with Gasteiger partial charge in [0, 0.05) is 26.2 Å². The molecule has 23 heavy (non-hydrogen) atoms. The lowest BCUT2D eigenvalue weighted by Gasteiger charge is -2.35. The van der Waals surface area contributed by atoms with Gasteiger partial charge in [-0.25, -0.2) is 4.39 Å². The highest BCUT2D eigenvalue weighted by molar-refractivity contribution is 7.08. The predicted molar refractivity (Wildman–Crippen MR) is 82.0 cm³/mol. The minimum atomic E-state index is -4.67. The number of hydrogen-bond donors (Lipinski definition) is 1. The Morgan fingerprint density at radius 2 is 1.83 bits per heavy atom. The van der Waals surface area contributed by atoms with Crippen LogP contribution in [0.15, 0.2) is 35.0 Å². The fourth-order valence-corrected chi connectivity index (χ4v) is 3.60. The highest BCUT2D eigenvalue weighted by atomic mass is 32.1. The van der Waals surface area contributed by atoms with Gasteiger partial charge in [0.1, 0.15) is 5.82 Å². The number of halogens is 4. The highest BCUT2D eigenvalue weighted by Crippen LogP contribution is 2.35. The summed E-state index contributed by atoms with van der Waals surface area (Å²) in [7, 11) is 0. The van der Waals surface area contributed by atoms with Crippen LogP contribution < -0.4 is 5.32 Å². The van der Waals surface area contributed by atoms with Gasteiger partial charge >= 0.3 is 6.18 Å². The molecule has 0 aliphatic carbocycles. The molecule has 2 nitrogen and oxygen atoms in total. The minimum Gasteiger partial charge on any atom is -0.314 e. The molecule has 0 unspecified atom stereocenters. The summed E-state index contributed by atoms with van der Waals surface area (Å²) in [6.07, 6.45) is -4.67. The van der Waals surface area contributed by atoms with Gasteiger partial charge in [0.05, 0.1) is 11.6 Å². The van der Waals surface area contributed by atoms with Crippen LogP contribution in [-0.2, 0) is 6.18 Å². The fourth-order valence-electron chi connectivity index (χ4n) is 2.92. The third kappa shape index (κ3) is 3.57. The zero-order valence-electron chi connectivity index (χ0n) is 12.2. The largest absolute Gasteiger partial charge is 0.419 e. The molecule has 1 aromatic carbocycles. The zero-order chi connectivity index (χ0) is 16.4. The van der Waals surface area contributed by atoms with E-state index in [2.05, 4.69) is 10.2 Å². The van der Waals surface area contributed by atoms with Crippen LogP contribution in [-0.4, -0.2) is 31.1 Å². The standard InChI is InChI=1S/C16H16F4N2S/c17-14-9-11(1-2-13(14)16(18,19)20)15(12-3-8-23-10-12)22-6-4-21-5-7-22/h1-3,8-10,15,21H,4-7H2/t15-/m1/s1. The topological polar surface area (TPSA) is 15.3 Å². The molecular weight excluding hydrogens is 328 g/mol. The van der Waals surface area contributed by atoms with E-state index in [1.807, 2.05) is 16.8 Å². The molecule has 124 valence electrons. The molecule has 1 saturated heterocycles. The number of hydrogen-bond acceptors (Lipinski definition) is 3. The van der Waals surface area contributed by atoms with Crippen molar-refractivity contribution in [1.29, 1.82) is 0 Å². The first-order valence-electron chi connectivity index (χ1n) is 7.30. The Morgan fingerprint density at radius 1 is 1.09 bits per heavy atom. The number of nitrogens with one attached hydrogen (secondary N) is 1. The van der Waals surface area contributed by atoms with Gasteiger partial charge in [-0.05, 0) is 40.1 Å². The van der Waals surface area contributed by atoms with E-state index in [9.17, 15) is 17.6 Å². The van der Waals surface area contributed by atoms with Crippen molar-refractivity contribution in [2.45, 2.75) is 12.2 Å². The third-order valence-corrected chi connectivity index (χ3v) is 4.69. The summed E-state index contributed by atoms with van der Waals surface area (Å²) in [5, 5.41) is 7.13. The molecule has 1 aromatic heterocycles. The molecule has 1 N–H and O–H groups in total. The number of benzene rings is 1. The summed E-state index contributed by atoms with van der Waals surface area (Å²) >= 11 is 1.52. The molecular formula is C16H16F4N2S. The first-order chi connectivity index (χ1) is 11.0. The molecule has 0 spiro atoms. The van der Waals surface area contributed by atoms with Crippen LogP contribution in [0.1, 0.15) is 22.7 Å². The number of alkyl halides is 3. The lowest BCUT2D eigenvalue weighted by atomic mass is 9.97. The van der Waals surface area contributed by atoms with E-state index in [0.717, 1.165) is 43.9 Å². The number of nitrogens with zero attached hydrogens (tertiary/aromatic N) is 1. The smallest absolute Gasteiger partial charge is 0.314 e. The molecule has 3 rings (SSSR count). The maximum Gasteiger partial charge on any atom is 0.419 e. The van der Waals surface area contributed by atoms with Crippen LogP contribution in [0.2, 0.25) is 0 Å². The molecule has 0 radical (unpaired) electrons. The Morgan fingerprint density at radius 3 is 2.39 bits per heavy atom. The molecule has 0 bridgehead atoms. The molecule has 1 fully saturated rings.